The van der Waals surface area contributed by atoms with Gasteiger partial charge in [-0.3, -0.25) is 9.59 Å². The maximum atomic E-state index is 11.6. The molecule has 0 aromatic rings. The Labute approximate surface area is 119 Å². The van der Waals surface area contributed by atoms with Gasteiger partial charge in [0.05, 0.1) is 11.1 Å². The van der Waals surface area contributed by atoms with E-state index in [1.54, 1.807) is 20.2 Å². The highest BCUT2D eigenvalue weighted by molar-refractivity contribution is 7.51. The lowest BCUT2D eigenvalue weighted by molar-refractivity contribution is -0.402. The van der Waals surface area contributed by atoms with Gasteiger partial charge in [0.2, 0.25) is 0 Å². The smallest absolute Gasteiger partial charge is 0.383 e. The second-order valence-corrected chi connectivity index (χ2v) is 5.82. The zero-order valence-electron chi connectivity index (χ0n) is 11.0. The Morgan fingerprint density at radius 2 is 1.76 bits per heavy atom. The van der Waals surface area contributed by atoms with Crippen molar-refractivity contribution in [3.05, 3.63) is 22.9 Å². The van der Waals surface area contributed by atoms with Crippen LogP contribution in [-0.2, 0) is 27.7 Å². The van der Waals surface area contributed by atoms with Gasteiger partial charge in [-0.15, -0.1) is 0 Å². The van der Waals surface area contributed by atoms with Crippen LogP contribution in [0.3, 0.4) is 0 Å². The Balaban J connectivity index is 2.58. The topological polar surface area (TPSA) is 158 Å². The highest BCUT2D eigenvalue weighted by atomic mass is 31.2. The highest BCUT2D eigenvalue weighted by Gasteiger charge is 2.77. The van der Waals surface area contributed by atoms with Gasteiger partial charge in [0.1, 0.15) is 11.6 Å². The Kier molecular flexibility index (Phi) is 3.39. The maximum Gasteiger partial charge on any atom is 0.488 e. The molecule has 112 valence electrons. The van der Waals surface area contributed by atoms with Crippen molar-refractivity contribution in [1.82, 2.24) is 4.90 Å². The van der Waals surface area contributed by atoms with Crippen molar-refractivity contribution >= 4 is 19.6 Å². The minimum absolute atomic E-state index is 0.331. The summed E-state index contributed by atoms with van der Waals surface area (Å²) in [6.45, 7) is 0. The molecule has 21 heavy (non-hydrogen) atoms. The van der Waals surface area contributed by atoms with Crippen molar-refractivity contribution in [2.45, 2.75) is 5.97 Å². The lowest BCUT2D eigenvalue weighted by Crippen LogP contribution is -2.58. The first-order valence-electron chi connectivity index (χ1n) is 5.49. The molecule has 3 saturated heterocycles. The number of nitrogens with two attached hydrogens (primary N) is 2. The molecule has 3 heterocycles. The number of carbonyl (C=O) groups excluding carboxylic acids is 2. The molecule has 3 fully saturated rings. The van der Waals surface area contributed by atoms with Crippen LogP contribution < -0.4 is 11.5 Å². The summed E-state index contributed by atoms with van der Waals surface area (Å²) < 4.78 is 25.5. The van der Waals surface area contributed by atoms with Gasteiger partial charge in [0.15, 0.2) is 0 Å². The molecule has 0 radical (unpaired) electrons. The maximum absolute atomic E-state index is 11.6. The number of nitrogens with zero attached hydrogens (tertiary/aromatic N) is 2. The molecule has 0 aromatic heterocycles. The third-order valence-electron chi connectivity index (χ3n) is 2.53. The number of phosphoric ester groups is 1. The second-order valence-electron chi connectivity index (χ2n) is 4.37. The predicted octanol–water partition coefficient (Wildman–Crippen LogP) is -0.938. The SMILES string of the molecule is CN(C)/C=C(C(N)=O)/C(C(N)=O)=C(\C#N)C12OP(=O)(O1)O2. The van der Waals surface area contributed by atoms with Gasteiger partial charge < -0.3 is 16.4 Å². The average Bonchev–Trinajstić information content (AvgIpc) is 2.27. The monoisotopic (exact) mass is 314 g/mol. The molecule has 11 heteroatoms. The van der Waals surface area contributed by atoms with E-state index < -0.39 is 36.8 Å². The fourth-order valence-corrected chi connectivity index (χ4v) is 2.97. The van der Waals surface area contributed by atoms with Gasteiger partial charge >= 0.3 is 13.8 Å². The van der Waals surface area contributed by atoms with Crippen LogP contribution in [0.2, 0.25) is 0 Å². The third kappa shape index (κ3) is 2.32. The minimum Gasteiger partial charge on any atom is -0.383 e. The van der Waals surface area contributed by atoms with E-state index in [4.69, 9.17) is 25.0 Å². The van der Waals surface area contributed by atoms with Crippen LogP contribution in [-0.4, -0.2) is 36.8 Å². The van der Waals surface area contributed by atoms with E-state index in [1.807, 2.05) is 0 Å². The summed E-state index contributed by atoms with van der Waals surface area (Å²) in [5, 5.41) is 9.18. The molecule has 2 bridgehead atoms. The van der Waals surface area contributed by atoms with Gasteiger partial charge in [0, 0.05) is 20.3 Å². The highest BCUT2D eigenvalue weighted by Crippen LogP contribution is 2.81. The Bertz CT molecular complexity index is 662. The Hall–Kier alpha value is -2.18. The van der Waals surface area contributed by atoms with E-state index in [-0.39, 0.29) is 5.57 Å². The number of nitriles is 1. The van der Waals surface area contributed by atoms with Crippen molar-refractivity contribution in [3.63, 3.8) is 0 Å². The molecule has 0 saturated carbocycles. The molecule has 4 N–H and O–H groups in total. The number of hydrogen-bond donors (Lipinski definition) is 2. The minimum atomic E-state index is -3.59. The number of amides is 2. The fourth-order valence-electron chi connectivity index (χ4n) is 1.78. The van der Waals surface area contributed by atoms with Crippen molar-refractivity contribution in [2.75, 3.05) is 14.1 Å². The zero-order valence-corrected chi connectivity index (χ0v) is 11.9. The summed E-state index contributed by atoms with van der Waals surface area (Å²) in [4.78, 5) is 24.6. The van der Waals surface area contributed by atoms with E-state index >= 15 is 0 Å². The van der Waals surface area contributed by atoms with E-state index in [1.165, 1.54) is 11.1 Å². The van der Waals surface area contributed by atoms with Gasteiger partial charge in [-0.2, -0.15) is 5.26 Å². The Morgan fingerprint density at radius 3 is 2.05 bits per heavy atom. The van der Waals surface area contributed by atoms with Crippen LogP contribution in [0.15, 0.2) is 22.9 Å². The first kappa shape index (κ1) is 15.2. The molecule has 10 nitrogen and oxygen atoms in total. The lowest BCUT2D eigenvalue weighted by atomic mass is 9.98. The largest absolute Gasteiger partial charge is 0.488 e. The zero-order chi connectivity index (χ0) is 16.0. The summed E-state index contributed by atoms with van der Waals surface area (Å²) in [5.74, 6) is -4.17. The summed E-state index contributed by atoms with van der Waals surface area (Å²) in [7, 11) is -0.458. The van der Waals surface area contributed by atoms with Crippen LogP contribution in [0.25, 0.3) is 0 Å². The first-order valence-corrected chi connectivity index (χ1v) is 6.95. The first-order chi connectivity index (χ1) is 9.64. The standard InChI is InChI=1S/C10H11N4O6P/c1-14(2)4-5(8(12)15)7(9(13)16)6(3-11)10-18-21(17,19-10)20-10/h4H,1-2H3,(H2,12,15)(H2,13,16)/b5-4-,7-6-. The normalized spacial score (nSPS) is 31.2. The van der Waals surface area contributed by atoms with Crippen molar-refractivity contribution in [3.8, 4) is 6.07 Å². The molecule has 0 aromatic carbocycles. The number of primary amides is 2. The molecule has 3 aliphatic heterocycles. The quantitative estimate of drug-likeness (QED) is 0.285. The van der Waals surface area contributed by atoms with Crippen molar-refractivity contribution in [2.24, 2.45) is 11.5 Å². The van der Waals surface area contributed by atoms with Gasteiger partial charge in [-0.05, 0) is 0 Å². The number of hydrogen-bond acceptors (Lipinski definition) is 8. The molecule has 0 atom stereocenters. The van der Waals surface area contributed by atoms with E-state index in [0.29, 0.717) is 0 Å². The molecule has 2 amide bonds. The number of rotatable bonds is 5. The number of carbonyl (C=O) groups is 2. The molecule has 0 aliphatic carbocycles. The number of phosphoric acid groups is 1. The molecule has 3 rings (SSSR count). The van der Waals surface area contributed by atoms with E-state index in [9.17, 15) is 19.4 Å². The summed E-state index contributed by atoms with van der Waals surface area (Å²) >= 11 is 0. The predicted molar refractivity (Wildman–Crippen MR) is 66.4 cm³/mol. The average molecular weight is 314 g/mol. The molecule has 0 unspecified atom stereocenters. The van der Waals surface area contributed by atoms with Crippen LogP contribution in [0.5, 0.6) is 0 Å². The fraction of sp³-hybridized carbons (Fsp3) is 0.300. The van der Waals surface area contributed by atoms with Crippen LogP contribution >= 0.6 is 7.82 Å². The van der Waals surface area contributed by atoms with Crippen molar-refractivity contribution < 1.29 is 27.7 Å². The van der Waals surface area contributed by atoms with Crippen LogP contribution in [0.4, 0.5) is 0 Å². The third-order valence-corrected chi connectivity index (χ3v) is 3.92. The molecular weight excluding hydrogens is 303 g/mol. The molecule has 3 aliphatic rings. The van der Waals surface area contributed by atoms with Crippen LogP contribution in [0.1, 0.15) is 0 Å². The van der Waals surface area contributed by atoms with E-state index in [2.05, 4.69) is 0 Å². The van der Waals surface area contributed by atoms with Crippen molar-refractivity contribution in [1.29, 1.82) is 5.26 Å². The van der Waals surface area contributed by atoms with Gasteiger partial charge in [0.25, 0.3) is 11.8 Å². The van der Waals surface area contributed by atoms with Crippen LogP contribution in [0, 0.1) is 11.3 Å². The summed E-state index contributed by atoms with van der Waals surface area (Å²) in [6.07, 6.45) is 1.20. The Morgan fingerprint density at radius 1 is 1.24 bits per heavy atom. The van der Waals surface area contributed by atoms with E-state index in [0.717, 1.165) is 0 Å². The van der Waals surface area contributed by atoms with Gasteiger partial charge in [-0.1, -0.05) is 0 Å². The summed E-state index contributed by atoms with van der Waals surface area (Å²) in [6, 6.07) is 1.61. The van der Waals surface area contributed by atoms with Gasteiger partial charge in [-0.25, -0.2) is 18.1 Å². The second kappa shape index (κ2) is 4.68. The summed E-state index contributed by atoms with van der Waals surface area (Å²) in [5.41, 5.74) is 9.02. The molecule has 0 spiro atoms. The molecular formula is C10H11N4O6P. The lowest BCUT2D eigenvalue weighted by Gasteiger charge is -2.54.